The molecule has 0 nitrogen and oxygen atoms in total. The van der Waals surface area contributed by atoms with Crippen LogP contribution in [0.4, 0.5) is 0 Å². The minimum absolute atomic E-state index is 0.198. The van der Waals surface area contributed by atoms with Gasteiger partial charge in [0.2, 0.25) is 0 Å². The first kappa shape index (κ1) is 12.9. The quantitative estimate of drug-likeness (QED) is 0.315. The molecule has 0 atom stereocenters. The molecule has 0 N–H and O–H groups in total. The lowest BCUT2D eigenvalue weighted by Gasteiger charge is -2.06. The third-order valence-corrected chi connectivity index (χ3v) is 7.47. The van der Waals surface area contributed by atoms with Crippen molar-refractivity contribution in [2.24, 2.45) is 0 Å². The van der Waals surface area contributed by atoms with Gasteiger partial charge < -0.3 is 0 Å². The largest absolute Gasteiger partial charge is 0.341 e. The van der Waals surface area contributed by atoms with E-state index in [0.717, 1.165) is 18.1 Å². The van der Waals surface area contributed by atoms with Gasteiger partial charge >= 0.3 is 6.00 Å². The highest BCUT2D eigenvalue weighted by molar-refractivity contribution is 7.64. The van der Waals surface area contributed by atoms with E-state index < -0.39 is 6.00 Å². The van der Waals surface area contributed by atoms with Crippen LogP contribution in [0, 0.1) is 0 Å². The molecule has 0 saturated carbocycles. The summed E-state index contributed by atoms with van der Waals surface area (Å²) >= 11 is 28.1. The molecule has 0 aliphatic heterocycles. The van der Waals surface area contributed by atoms with Crippen LogP contribution in [0.1, 0.15) is 0 Å². The zero-order valence-electron chi connectivity index (χ0n) is 5.80. The Morgan fingerprint density at radius 1 is 1.18 bits per heavy atom. The topological polar surface area (TPSA) is 0 Å². The second kappa shape index (κ2) is 6.35. The normalized spacial score (nSPS) is 13.6. The Morgan fingerprint density at radius 2 is 1.73 bits per heavy atom. The van der Waals surface area contributed by atoms with Crippen LogP contribution in [0.3, 0.4) is 0 Å². The van der Waals surface area contributed by atoms with Gasteiger partial charge in [0.25, 0.3) is 0 Å². The molecule has 0 heterocycles. The smallest absolute Gasteiger partial charge is 0.126 e. The van der Waals surface area contributed by atoms with Gasteiger partial charge in [0.05, 0.1) is 0 Å². The molecular formula is C4H9Cl5Si2. The number of alkyl halides is 2. The lowest BCUT2D eigenvalue weighted by Crippen LogP contribution is -2.10. The summed E-state index contributed by atoms with van der Waals surface area (Å²) in [6.45, 7) is 0. The second-order valence-corrected chi connectivity index (χ2v) is 14.8. The van der Waals surface area contributed by atoms with Crippen LogP contribution in [0.25, 0.3) is 0 Å². The van der Waals surface area contributed by atoms with E-state index in [9.17, 15) is 0 Å². The fourth-order valence-electron chi connectivity index (χ4n) is 0.624. The third-order valence-electron chi connectivity index (χ3n) is 1.13. The molecule has 0 saturated heterocycles. The van der Waals surface area contributed by atoms with E-state index in [4.69, 9.17) is 56.4 Å². The van der Waals surface area contributed by atoms with E-state index in [2.05, 4.69) is 0 Å². The maximum atomic E-state index is 5.67. The van der Waals surface area contributed by atoms with Crippen LogP contribution in [-0.2, 0) is 0 Å². The van der Waals surface area contributed by atoms with Crippen LogP contribution in [0.5, 0.6) is 0 Å². The first-order chi connectivity index (χ1) is 4.92. The molecular weight excluding hydrogens is 281 g/mol. The van der Waals surface area contributed by atoms with Crippen molar-refractivity contribution in [2.75, 3.05) is 0 Å². The van der Waals surface area contributed by atoms with Crippen molar-refractivity contribution < 1.29 is 0 Å². The maximum Gasteiger partial charge on any atom is 0.341 e. The molecule has 0 aliphatic carbocycles. The molecule has 0 bridgehead atoms. The van der Waals surface area contributed by atoms with Crippen molar-refractivity contribution in [3.8, 4) is 0 Å². The first-order valence-electron chi connectivity index (χ1n) is 3.27. The molecule has 68 valence electrons. The molecule has 0 radical (unpaired) electrons. The van der Waals surface area contributed by atoms with Crippen LogP contribution in [-0.4, -0.2) is 20.4 Å². The summed E-state index contributed by atoms with van der Waals surface area (Å²) in [7, 11) is -0.198. The third kappa shape index (κ3) is 11.9. The maximum absolute atomic E-state index is 5.67. The van der Waals surface area contributed by atoms with Gasteiger partial charge in [0.15, 0.2) is 0 Å². The predicted molar refractivity (Wildman–Crippen MR) is 61.8 cm³/mol. The van der Waals surface area contributed by atoms with Gasteiger partial charge in [-0.15, -0.1) is 56.4 Å². The monoisotopic (exact) mass is 288 g/mol. The van der Waals surface area contributed by atoms with Gasteiger partial charge in [0.1, 0.15) is 4.84 Å². The van der Waals surface area contributed by atoms with Crippen molar-refractivity contribution >= 4 is 72.0 Å². The molecule has 0 fully saturated rings. The fraction of sp³-hybridized carbons (Fsp3) is 1.00. The Hall–Kier alpha value is 1.88. The predicted octanol–water partition coefficient (Wildman–Crippen LogP) is 3.45. The van der Waals surface area contributed by atoms with E-state index in [1.807, 2.05) is 0 Å². The van der Waals surface area contributed by atoms with E-state index >= 15 is 0 Å². The Balaban J connectivity index is 3.15. The Labute approximate surface area is 94.4 Å². The molecule has 0 aromatic heterocycles. The van der Waals surface area contributed by atoms with E-state index in [1.54, 1.807) is 0 Å². The number of halogens is 5. The molecule has 11 heavy (non-hydrogen) atoms. The summed E-state index contributed by atoms with van der Waals surface area (Å²) in [5.74, 6) is 0. The summed E-state index contributed by atoms with van der Waals surface area (Å²) in [5, 5.41) is 0. The average molecular weight is 291 g/mol. The fourth-order valence-corrected chi connectivity index (χ4v) is 8.36. The van der Waals surface area contributed by atoms with Gasteiger partial charge in [-0.25, -0.2) is 0 Å². The van der Waals surface area contributed by atoms with Crippen molar-refractivity contribution in [3.63, 3.8) is 0 Å². The van der Waals surface area contributed by atoms with Gasteiger partial charge in [0, 0.05) is 9.52 Å². The molecule has 0 aromatic rings. The molecule has 0 aromatic carbocycles. The van der Waals surface area contributed by atoms with E-state index in [1.165, 1.54) is 0 Å². The minimum Gasteiger partial charge on any atom is -0.126 e. The summed E-state index contributed by atoms with van der Waals surface area (Å²) in [6, 6.07) is 0.346. The van der Waals surface area contributed by atoms with Crippen LogP contribution in [0.2, 0.25) is 18.1 Å². The molecule has 0 spiro atoms. The van der Waals surface area contributed by atoms with Crippen molar-refractivity contribution in [1.29, 1.82) is 0 Å². The summed E-state index contributed by atoms with van der Waals surface area (Å²) in [4.78, 5) is -0.223. The van der Waals surface area contributed by atoms with Crippen molar-refractivity contribution in [1.82, 2.24) is 0 Å². The van der Waals surface area contributed by atoms with Gasteiger partial charge in [-0.3, -0.25) is 0 Å². The first-order valence-corrected chi connectivity index (χ1v) is 11.4. The van der Waals surface area contributed by atoms with Crippen molar-refractivity contribution in [2.45, 2.75) is 23.0 Å². The number of rotatable bonds is 5. The second-order valence-electron chi connectivity index (χ2n) is 2.25. The minimum atomic E-state index is -2.36. The number of hydrogen-bond donors (Lipinski definition) is 0. The zero-order chi connectivity index (χ0) is 8.91. The van der Waals surface area contributed by atoms with Gasteiger partial charge in [-0.1, -0.05) is 6.04 Å². The summed E-state index contributed by atoms with van der Waals surface area (Å²) < 4.78 is 0. The highest BCUT2D eigenvalue weighted by atomic mass is 35.8. The molecule has 0 rings (SSSR count). The lowest BCUT2D eigenvalue weighted by molar-refractivity contribution is 1.30. The standard InChI is InChI=1S/C4H9Cl5Si2/c5-4(6)3-10-1-2-11(7,8)9/h4H,1-3,10H2. The zero-order valence-corrected chi connectivity index (χ0v) is 12.0. The van der Waals surface area contributed by atoms with Gasteiger partial charge in [-0.2, -0.15) is 0 Å². The SMILES string of the molecule is ClC(Cl)C[SiH2]CC[Si](Cl)(Cl)Cl. The summed E-state index contributed by atoms with van der Waals surface area (Å²) in [5.41, 5.74) is 0. The molecule has 0 amide bonds. The van der Waals surface area contributed by atoms with Crippen LogP contribution >= 0.6 is 56.4 Å². The lowest BCUT2D eigenvalue weighted by atomic mass is 10.9. The Morgan fingerprint density at radius 3 is 2.09 bits per heavy atom. The Kier molecular flexibility index (Phi) is 7.44. The number of hydrogen-bond acceptors (Lipinski definition) is 0. The molecule has 7 heteroatoms. The van der Waals surface area contributed by atoms with E-state index in [-0.39, 0.29) is 14.4 Å². The highest BCUT2D eigenvalue weighted by Crippen LogP contribution is 2.26. The van der Waals surface area contributed by atoms with Crippen molar-refractivity contribution in [3.05, 3.63) is 0 Å². The summed E-state index contributed by atoms with van der Waals surface area (Å²) in [6.07, 6.45) is 0. The average Bonchev–Trinajstić information content (AvgIpc) is 1.78. The molecule has 0 unspecified atom stereocenters. The Bertz CT molecular complexity index is 101. The molecule has 0 aliphatic rings. The highest BCUT2D eigenvalue weighted by Gasteiger charge is 2.23. The van der Waals surface area contributed by atoms with E-state index in [0.29, 0.717) is 0 Å². The van der Waals surface area contributed by atoms with Gasteiger partial charge in [-0.05, 0) is 12.1 Å². The van der Waals surface area contributed by atoms with Crippen LogP contribution in [0.15, 0.2) is 0 Å². The van der Waals surface area contributed by atoms with Crippen LogP contribution < -0.4 is 0 Å².